The molecule has 3 aliphatic rings. The first-order valence-corrected chi connectivity index (χ1v) is 34.6. The number of hydrogen-bond donors (Lipinski definition) is 0. The standard InChI is InChI=1S/C84H90O17/c1-60(85)97-75-72(59-96-83-79(93-54-67-42-24-9-25-43-67)76(91-52-65-38-20-7-21-39-65)73(89-50-63-34-16-5-17-35-63)70(99-83)57-87-48-61-30-12-3-13-31-61)98-82(86-2)81(95-56-69-46-28-11-29-47-69)78(75)101-84-80(94-55-68-44-26-10-27-45-68)77(92-53-66-40-22-8-23-41-66)74(90-51-64-36-18-6-19-37-64)71(100-84)58-88-49-62-32-14-4-15-33-62/h3-47,70-84H,48-59H2,1-2H3. The normalized spacial score (nSPS) is 25.1. The lowest BCUT2D eigenvalue weighted by Crippen LogP contribution is -2.67. The molecule has 0 aliphatic carbocycles. The van der Waals surface area contributed by atoms with E-state index in [1.54, 1.807) is 0 Å². The molecule has 0 amide bonds. The predicted molar refractivity (Wildman–Crippen MR) is 377 cm³/mol. The maximum absolute atomic E-state index is 14.1. The van der Waals surface area contributed by atoms with E-state index in [1.807, 2.05) is 273 Å². The Morgan fingerprint density at radius 3 is 0.822 bits per heavy atom. The summed E-state index contributed by atoms with van der Waals surface area (Å²) in [7, 11) is 1.53. The van der Waals surface area contributed by atoms with Crippen molar-refractivity contribution in [2.45, 2.75) is 159 Å². The van der Waals surface area contributed by atoms with Gasteiger partial charge in [-0.2, -0.15) is 0 Å². The van der Waals surface area contributed by atoms with Crippen molar-refractivity contribution >= 4 is 5.97 Å². The highest BCUT2D eigenvalue weighted by molar-refractivity contribution is 5.66. The van der Waals surface area contributed by atoms with Crippen LogP contribution in [0.1, 0.15) is 57.0 Å². The van der Waals surface area contributed by atoms with Crippen LogP contribution in [0.5, 0.6) is 0 Å². The van der Waals surface area contributed by atoms with Crippen molar-refractivity contribution in [3.05, 3.63) is 323 Å². The smallest absolute Gasteiger partial charge is 0.303 e. The van der Waals surface area contributed by atoms with Gasteiger partial charge in [0, 0.05) is 14.0 Å². The minimum atomic E-state index is -1.31. The molecule has 15 unspecified atom stereocenters. The highest BCUT2D eigenvalue weighted by atomic mass is 16.8. The van der Waals surface area contributed by atoms with Crippen LogP contribution in [-0.4, -0.2) is 125 Å². The minimum absolute atomic E-state index is 0.0401. The molecule has 0 spiro atoms. The van der Waals surface area contributed by atoms with E-state index in [1.165, 1.54) is 14.0 Å². The van der Waals surface area contributed by atoms with Gasteiger partial charge in [-0.1, -0.05) is 273 Å². The monoisotopic (exact) mass is 1370 g/mol. The molecular weight excluding hydrogens is 1280 g/mol. The van der Waals surface area contributed by atoms with Gasteiger partial charge in [-0.05, 0) is 50.1 Å². The second-order valence-corrected chi connectivity index (χ2v) is 25.2. The van der Waals surface area contributed by atoms with Gasteiger partial charge >= 0.3 is 5.97 Å². The molecule has 3 aliphatic heterocycles. The second kappa shape index (κ2) is 38.8. The minimum Gasteiger partial charge on any atom is -0.457 e. The van der Waals surface area contributed by atoms with Crippen molar-refractivity contribution in [1.82, 2.24) is 0 Å². The molecule has 9 aromatic rings. The molecule has 101 heavy (non-hydrogen) atoms. The van der Waals surface area contributed by atoms with Gasteiger partial charge in [0.2, 0.25) is 0 Å². The highest BCUT2D eigenvalue weighted by Gasteiger charge is 2.56. The molecule has 0 radical (unpaired) electrons. The summed E-state index contributed by atoms with van der Waals surface area (Å²) in [5.41, 5.74) is 8.32. The molecule has 15 atom stereocenters. The van der Waals surface area contributed by atoms with Gasteiger partial charge < -0.3 is 75.8 Å². The van der Waals surface area contributed by atoms with Gasteiger partial charge in [-0.3, -0.25) is 4.79 Å². The summed E-state index contributed by atoms with van der Waals surface area (Å²) in [5, 5.41) is 0. The number of methoxy groups -OCH3 is 1. The molecule has 0 N–H and O–H groups in total. The van der Waals surface area contributed by atoms with Crippen LogP contribution in [0, 0.1) is 0 Å². The first-order chi connectivity index (χ1) is 49.9. The SMILES string of the molecule is COC1OC(COC2OC(COCc3ccccc3)C(OCc3ccccc3)C(OCc3ccccc3)C2OCc2ccccc2)C(OC(C)=O)C(OC2OC(COCc3ccccc3)C(OCc3ccccc3)C(OCc3ccccc3)C2OCc2ccccc2)C1OCc1ccccc1. The molecule has 3 saturated heterocycles. The number of carbonyl (C=O) groups excluding carboxylic acids is 1. The van der Waals surface area contributed by atoms with Gasteiger partial charge in [0.25, 0.3) is 0 Å². The van der Waals surface area contributed by atoms with Crippen LogP contribution in [0.25, 0.3) is 0 Å². The van der Waals surface area contributed by atoms with E-state index >= 15 is 0 Å². The van der Waals surface area contributed by atoms with Crippen LogP contribution >= 0.6 is 0 Å². The number of benzene rings is 9. The first kappa shape index (κ1) is 72.6. The maximum atomic E-state index is 14.1. The Balaban J connectivity index is 0.921. The summed E-state index contributed by atoms with van der Waals surface area (Å²) < 4.78 is 112. The summed E-state index contributed by atoms with van der Waals surface area (Å²) in [4.78, 5) is 14.1. The molecule has 0 bridgehead atoms. The number of carbonyl (C=O) groups is 1. The van der Waals surface area contributed by atoms with Crippen molar-refractivity contribution in [2.24, 2.45) is 0 Å². The van der Waals surface area contributed by atoms with E-state index in [-0.39, 0.29) is 72.7 Å². The lowest BCUT2D eigenvalue weighted by molar-refractivity contribution is -0.378. The van der Waals surface area contributed by atoms with Gasteiger partial charge in [-0.15, -0.1) is 0 Å². The third-order valence-electron chi connectivity index (χ3n) is 17.8. The Bertz CT molecular complexity index is 3750. The highest BCUT2D eigenvalue weighted by Crippen LogP contribution is 2.39. The molecule has 12 rings (SSSR count). The van der Waals surface area contributed by atoms with E-state index in [0.29, 0.717) is 6.61 Å². The van der Waals surface area contributed by atoms with Gasteiger partial charge in [-0.25, -0.2) is 0 Å². The van der Waals surface area contributed by atoms with Crippen molar-refractivity contribution in [3.8, 4) is 0 Å². The number of rotatable bonds is 36. The van der Waals surface area contributed by atoms with Crippen LogP contribution < -0.4 is 0 Å². The van der Waals surface area contributed by atoms with Gasteiger partial charge in [0.1, 0.15) is 67.1 Å². The van der Waals surface area contributed by atoms with Crippen molar-refractivity contribution < 1.29 is 80.6 Å². The third kappa shape index (κ3) is 21.5. The summed E-state index contributed by atoms with van der Waals surface area (Å²) in [6.45, 7) is 2.88. The quantitative estimate of drug-likeness (QED) is 0.0340. The van der Waals surface area contributed by atoms with Crippen LogP contribution in [0.15, 0.2) is 273 Å². The molecule has 17 heteroatoms. The maximum Gasteiger partial charge on any atom is 0.303 e. The fourth-order valence-electron chi connectivity index (χ4n) is 12.7. The average Bonchev–Trinajstić information content (AvgIpc) is 0.768. The average molecular weight is 1370 g/mol. The summed E-state index contributed by atoms with van der Waals surface area (Å²) in [6, 6.07) is 89.0. The lowest BCUT2D eigenvalue weighted by atomic mass is 9.95. The van der Waals surface area contributed by atoms with Crippen molar-refractivity contribution in [2.75, 3.05) is 26.9 Å². The topological polar surface area (TPSA) is 165 Å². The third-order valence-corrected chi connectivity index (χ3v) is 17.8. The molecule has 3 fully saturated rings. The fraction of sp³-hybridized carbons (Fsp3) is 0.345. The Morgan fingerprint density at radius 1 is 0.267 bits per heavy atom. The second-order valence-electron chi connectivity index (χ2n) is 25.2. The van der Waals surface area contributed by atoms with E-state index in [0.717, 1.165) is 50.1 Å². The summed E-state index contributed by atoms with van der Waals surface area (Å²) in [6.07, 6.45) is -15.4. The number of ether oxygens (including phenoxy) is 16. The first-order valence-electron chi connectivity index (χ1n) is 34.6. The molecule has 17 nitrogen and oxygen atoms in total. The Hall–Kier alpha value is -8.15. The molecule has 9 aromatic carbocycles. The predicted octanol–water partition coefficient (Wildman–Crippen LogP) is 13.7. The Labute approximate surface area is 592 Å². The largest absolute Gasteiger partial charge is 0.457 e. The lowest BCUT2D eigenvalue weighted by Gasteiger charge is -2.50. The summed E-state index contributed by atoms with van der Waals surface area (Å²) in [5.74, 6) is -0.636. The summed E-state index contributed by atoms with van der Waals surface area (Å²) >= 11 is 0. The number of esters is 1. The molecule has 528 valence electrons. The fourth-order valence-corrected chi connectivity index (χ4v) is 12.7. The van der Waals surface area contributed by atoms with E-state index in [9.17, 15) is 4.79 Å². The number of hydrogen-bond acceptors (Lipinski definition) is 17. The van der Waals surface area contributed by atoms with E-state index < -0.39 is 98.1 Å². The van der Waals surface area contributed by atoms with E-state index in [4.69, 9.17) is 75.8 Å². The molecule has 3 heterocycles. The van der Waals surface area contributed by atoms with Crippen molar-refractivity contribution in [1.29, 1.82) is 0 Å². The Morgan fingerprint density at radius 2 is 0.515 bits per heavy atom. The zero-order chi connectivity index (χ0) is 69.1. The van der Waals surface area contributed by atoms with Crippen LogP contribution in [-0.2, 0) is 140 Å². The van der Waals surface area contributed by atoms with Crippen LogP contribution in [0.4, 0.5) is 0 Å². The zero-order valence-corrected chi connectivity index (χ0v) is 57.1. The molecule has 0 saturated carbocycles. The van der Waals surface area contributed by atoms with Crippen molar-refractivity contribution in [3.63, 3.8) is 0 Å². The Kier molecular flexibility index (Phi) is 27.9. The van der Waals surface area contributed by atoms with Crippen LogP contribution in [0.3, 0.4) is 0 Å². The zero-order valence-electron chi connectivity index (χ0n) is 57.1. The van der Waals surface area contributed by atoms with E-state index in [2.05, 4.69) is 0 Å². The van der Waals surface area contributed by atoms with Gasteiger partial charge in [0.05, 0.1) is 79.3 Å². The van der Waals surface area contributed by atoms with Crippen LogP contribution in [0.2, 0.25) is 0 Å². The molecule has 0 aromatic heterocycles. The molecular formula is C84H90O17. The van der Waals surface area contributed by atoms with Gasteiger partial charge in [0.15, 0.2) is 25.0 Å².